The molecule has 2 heterocycles. The third-order valence-electron chi connectivity index (χ3n) is 4.53. The van der Waals surface area contributed by atoms with E-state index in [1.165, 1.54) is 6.42 Å². The zero-order valence-corrected chi connectivity index (χ0v) is 12.9. The fraction of sp³-hybridized carbons (Fsp3) is 0.933. The van der Waals surface area contributed by atoms with Crippen molar-refractivity contribution in [1.82, 2.24) is 15.5 Å². The standard InChI is InChI=1S/C15H29N3O2/c1-15(2,18-7-9-20-10-8-18)12-17-14(19)4-3-13-5-6-16-11-13/h13,16H,3-12H2,1-2H3,(H,17,19). The molecule has 5 heteroatoms. The highest BCUT2D eigenvalue weighted by atomic mass is 16.5. The maximum absolute atomic E-state index is 12.0. The SMILES string of the molecule is CC(C)(CNC(=O)CCC1CCNC1)N1CCOCC1. The zero-order valence-electron chi connectivity index (χ0n) is 12.9. The van der Waals surface area contributed by atoms with Gasteiger partial charge in [0, 0.05) is 31.6 Å². The van der Waals surface area contributed by atoms with Crippen molar-refractivity contribution in [3.63, 3.8) is 0 Å². The average molecular weight is 283 g/mol. The Kier molecular flexibility index (Phi) is 5.81. The number of ether oxygens (including phenoxy) is 1. The lowest BCUT2D eigenvalue weighted by Gasteiger charge is -2.40. The van der Waals surface area contributed by atoms with Crippen LogP contribution in [0.1, 0.15) is 33.1 Å². The minimum absolute atomic E-state index is 0.00829. The molecule has 2 N–H and O–H groups in total. The van der Waals surface area contributed by atoms with Crippen LogP contribution in [-0.2, 0) is 9.53 Å². The van der Waals surface area contributed by atoms with Gasteiger partial charge in [0.05, 0.1) is 13.2 Å². The van der Waals surface area contributed by atoms with Crippen LogP contribution in [0, 0.1) is 5.92 Å². The summed E-state index contributed by atoms with van der Waals surface area (Å²) < 4.78 is 5.38. The molecule has 2 aliphatic heterocycles. The van der Waals surface area contributed by atoms with Crippen molar-refractivity contribution in [1.29, 1.82) is 0 Å². The summed E-state index contributed by atoms with van der Waals surface area (Å²) in [5.41, 5.74) is 0.00829. The minimum Gasteiger partial charge on any atom is -0.379 e. The van der Waals surface area contributed by atoms with E-state index in [0.717, 1.165) is 52.4 Å². The Morgan fingerprint density at radius 2 is 2.15 bits per heavy atom. The van der Waals surface area contributed by atoms with E-state index in [1.54, 1.807) is 0 Å². The van der Waals surface area contributed by atoms with Crippen molar-refractivity contribution in [3.05, 3.63) is 0 Å². The van der Waals surface area contributed by atoms with Crippen LogP contribution >= 0.6 is 0 Å². The first-order valence-corrected chi connectivity index (χ1v) is 7.88. The zero-order chi connectivity index (χ0) is 14.4. The molecule has 0 aromatic carbocycles. The number of carbonyl (C=O) groups excluding carboxylic acids is 1. The van der Waals surface area contributed by atoms with Crippen LogP contribution in [0.4, 0.5) is 0 Å². The molecule has 0 aromatic heterocycles. The van der Waals surface area contributed by atoms with Crippen molar-refractivity contribution >= 4 is 5.91 Å². The average Bonchev–Trinajstić information content (AvgIpc) is 2.97. The summed E-state index contributed by atoms with van der Waals surface area (Å²) in [5, 5.41) is 6.45. The highest BCUT2D eigenvalue weighted by Crippen LogP contribution is 2.16. The second-order valence-corrected chi connectivity index (χ2v) is 6.59. The van der Waals surface area contributed by atoms with Crippen LogP contribution in [0.2, 0.25) is 0 Å². The van der Waals surface area contributed by atoms with Gasteiger partial charge >= 0.3 is 0 Å². The number of carbonyl (C=O) groups is 1. The lowest BCUT2D eigenvalue weighted by molar-refractivity contribution is -0.122. The van der Waals surface area contributed by atoms with Gasteiger partial charge in [-0.15, -0.1) is 0 Å². The van der Waals surface area contributed by atoms with Crippen LogP contribution in [0.3, 0.4) is 0 Å². The Labute approximate surface area is 122 Å². The molecule has 0 aliphatic carbocycles. The van der Waals surface area contributed by atoms with E-state index in [4.69, 9.17) is 4.74 Å². The molecule has 1 unspecified atom stereocenters. The first-order valence-electron chi connectivity index (χ1n) is 7.88. The molecule has 2 saturated heterocycles. The van der Waals surface area contributed by atoms with Crippen molar-refractivity contribution in [2.75, 3.05) is 45.9 Å². The summed E-state index contributed by atoms with van der Waals surface area (Å²) in [6.07, 6.45) is 2.88. The van der Waals surface area contributed by atoms with Crippen LogP contribution < -0.4 is 10.6 Å². The molecule has 0 saturated carbocycles. The van der Waals surface area contributed by atoms with Crippen LogP contribution in [0.25, 0.3) is 0 Å². The molecule has 1 amide bonds. The maximum atomic E-state index is 12.0. The summed E-state index contributed by atoms with van der Waals surface area (Å²) in [4.78, 5) is 14.4. The number of morpholine rings is 1. The Balaban J connectivity index is 1.65. The largest absolute Gasteiger partial charge is 0.379 e. The molecule has 20 heavy (non-hydrogen) atoms. The lowest BCUT2D eigenvalue weighted by atomic mass is 10.0. The van der Waals surface area contributed by atoms with Gasteiger partial charge in [-0.25, -0.2) is 0 Å². The predicted octanol–water partition coefficient (Wildman–Crippen LogP) is 0.603. The van der Waals surface area contributed by atoms with E-state index in [1.807, 2.05) is 0 Å². The fourth-order valence-electron chi connectivity index (χ4n) is 2.98. The second kappa shape index (κ2) is 7.38. The molecule has 1 atom stereocenters. The minimum atomic E-state index is 0.00829. The summed E-state index contributed by atoms with van der Waals surface area (Å²) in [7, 11) is 0. The first-order chi connectivity index (χ1) is 9.58. The normalized spacial score (nSPS) is 24.8. The van der Waals surface area contributed by atoms with Crippen molar-refractivity contribution in [2.24, 2.45) is 5.92 Å². The summed E-state index contributed by atoms with van der Waals surface area (Å²) >= 11 is 0. The Hall–Kier alpha value is -0.650. The van der Waals surface area contributed by atoms with Gasteiger partial charge in [-0.05, 0) is 45.7 Å². The topological polar surface area (TPSA) is 53.6 Å². The monoisotopic (exact) mass is 283 g/mol. The third kappa shape index (κ3) is 4.72. The number of nitrogens with one attached hydrogen (secondary N) is 2. The van der Waals surface area contributed by atoms with Gasteiger partial charge in [0.2, 0.25) is 5.91 Å². The summed E-state index contributed by atoms with van der Waals surface area (Å²) in [5.74, 6) is 0.881. The molecular formula is C15H29N3O2. The lowest BCUT2D eigenvalue weighted by Crippen LogP contribution is -2.55. The van der Waals surface area contributed by atoms with Crippen LogP contribution in [0.15, 0.2) is 0 Å². The summed E-state index contributed by atoms with van der Waals surface area (Å²) in [6.45, 7) is 10.8. The molecular weight excluding hydrogens is 254 g/mol. The van der Waals surface area contributed by atoms with E-state index >= 15 is 0 Å². The smallest absolute Gasteiger partial charge is 0.220 e. The van der Waals surface area contributed by atoms with Gasteiger partial charge in [-0.1, -0.05) is 0 Å². The molecule has 0 bridgehead atoms. The van der Waals surface area contributed by atoms with Crippen LogP contribution in [-0.4, -0.2) is 62.3 Å². The van der Waals surface area contributed by atoms with E-state index in [-0.39, 0.29) is 11.4 Å². The Morgan fingerprint density at radius 3 is 2.80 bits per heavy atom. The number of hydrogen-bond donors (Lipinski definition) is 2. The van der Waals surface area contributed by atoms with Gasteiger partial charge in [-0.2, -0.15) is 0 Å². The first kappa shape index (κ1) is 15.7. The predicted molar refractivity (Wildman–Crippen MR) is 79.7 cm³/mol. The van der Waals surface area contributed by atoms with Gasteiger partial charge in [0.15, 0.2) is 0 Å². The van der Waals surface area contributed by atoms with E-state index in [9.17, 15) is 4.79 Å². The number of rotatable bonds is 6. The molecule has 2 aliphatic rings. The Morgan fingerprint density at radius 1 is 1.40 bits per heavy atom. The van der Waals surface area contributed by atoms with E-state index in [0.29, 0.717) is 12.3 Å². The van der Waals surface area contributed by atoms with E-state index < -0.39 is 0 Å². The summed E-state index contributed by atoms with van der Waals surface area (Å²) in [6, 6.07) is 0. The maximum Gasteiger partial charge on any atom is 0.220 e. The molecule has 116 valence electrons. The highest BCUT2D eigenvalue weighted by Gasteiger charge is 2.28. The number of nitrogens with zero attached hydrogens (tertiary/aromatic N) is 1. The number of amides is 1. The molecule has 0 spiro atoms. The van der Waals surface area contributed by atoms with Gasteiger partial charge < -0.3 is 15.4 Å². The van der Waals surface area contributed by atoms with Gasteiger partial charge in [0.25, 0.3) is 0 Å². The highest BCUT2D eigenvalue weighted by molar-refractivity contribution is 5.75. The van der Waals surface area contributed by atoms with Crippen molar-refractivity contribution in [3.8, 4) is 0 Å². The molecule has 2 rings (SSSR count). The van der Waals surface area contributed by atoms with Crippen molar-refractivity contribution < 1.29 is 9.53 Å². The second-order valence-electron chi connectivity index (χ2n) is 6.59. The van der Waals surface area contributed by atoms with Gasteiger partial charge in [-0.3, -0.25) is 9.69 Å². The third-order valence-corrected chi connectivity index (χ3v) is 4.53. The molecule has 0 radical (unpaired) electrons. The van der Waals surface area contributed by atoms with Gasteiger partial charge in [0.1, 0.15) is 0 Å². The molecule has 5 nitrogen and oxygen atoms in total. The van der Waals surface area contributed by atoms with E-state index in [2.05, 4.69) is 29.4 Å². The molecule has 0 aromatic rings. The fourth-order valence-corrected chi connectivity index (χ4v) is 2.98. The quantitative estimate of drug-likeness (QED) is 0.750. The van der Waals surface area contributed by atoms with Crippen LogP contribution in [0.5, 0.6) is 0 Å². The Bertz CT molecular complexity index is 308. The number of hydrogen-bond acceptors (Lipinski definition) is 4. The van der Waals surface area contributed by atoms with Crippen molar-refractivity contribution in [2.45, 2.75) is 38.6 Å². The molecule has 2 fully saturated rings.